The van der Waals surface area contributed by atoms with Gasteiger partial charge in [-0.1, -0.05) is 23.7 Å². The third kappa shape index (κ3) is 4.18. The number of benzene rings is 2. The molecule has 3 aromatic rings. The lowest BCUT2D eigenvalue weighted by molar-refractivity contribution is 0.102. The second kappa shape index (κ2) is 7.54. The molecule has 26 heavy (non-hydrogen) atoms. The van der Waals surface area contributed by atoms with Gasteiger partial charge in [0.25, 0.3) is 5.91 Å². The van der Waals surface area contributed by atoms with Crippen LogP contribution in [0, 0.1) is 20.8 Å². The van der Waals surface area contributed by atoms with E-state index in [0.29, 0.717) is 16.5 Å². The van der Waals surface area contributed by atoms with Gasteiger partial charge in [0.15, 0.2) is 0 Å². The number of aromatic nitrogens is 2. The van der Waals surface area contributed by atoms with Crippen LogP contribution in [0.1, 0.15) is 27.0 Å². The Bertz CT molecular complexity index is 955. The average Bonchev–Trinajstić information content (AvgIpc) is 2.62. The molecule has 0 saturated heterocycles. The highest BCUT2D eigenvalue weighted by Gasteiger charge is 2.09. The highest BCUT2D eigenvalue weighted by atomic mass is 35.5. The number of nitrogens with one attached hydrogen (secondary N) is 2. The third-order valence-electron chi connectivity index (χ3n) is 4.11. The molecular formula is C20H19ClN4O. The maximum absolute atomic E-state index is 12.3. The Hall–Kier alpha value is -2.92. The zero-order chi connectivity index (χ0) is 18.7. The molecule has 0 spiro atoms. The fraction of sp³-hybridized carbons (Fsp3) is 0.150. The summed E-state index contributed by atoms with van der Waals surface area (Å²) in [6.45, 7) is 5.97. The van der Waals surface area contributed by atoms with Crippen molar-refractivity contribution in [3.63, 3.8) is 0 Å². The van der Waals surface area contributed by atoms with Crippen LogP contribution >= 0.6 is 11.6 Å². The second-order valence-corrected chi connectivity index (χ2v) is 6.54. The fourth-order valence-electron chi connectivity index (χ4n) is 2.33. The third-order valence-corrected chi connectivity index (χ3v) is 4.51. The zero-order valence-electron chi connectivity index (χ0n) is 14.8. The monoisotopic (exact) mass is 366 g/mol. The second-order valence-electron chi connectivity index (χ2n) is 6.14. The number of anilines is 3. The van der Waals surface area contributed by atoms with Crippen LogP contribution in [0.2, 0.25) is 5.02 Å². The lowest BCUT2D eigenvalue weighted by atomic mass is 10.1. The fourth-order valence-corrected chi connectivity index (χ4v) is 2.51. The minimum Gasteiger partial charge on any atom is -0.324 e. The topological polar surface area (TPSA) is 66.9 Å². The molecule has 2 aromatic carbocycles. The van der Waals surface area contributed by atoms with E-state index in [9.17, 15) is 4.79 Å². The molecule has 3 rings (SSSR count). The van der Waals surface area contributed by atoms with Crippen LogP contribution in [0.15, 0.2) is 48.8 Å². The zero-order valence-corrected chi connectivity index (χ0v) is 15.6. The van der Waals surface area contributed by atoms with Gasteiger partial charge in [-0.15, -0.1) is 0 Å². The van der Waals surface area contributed by atoms with E-state index in [1.54, 1.807) is 6.07 Å². The molecule has 132 valence electrons. The molecule has 0 aliphatic carbocycles. The lowest BCUT2D eigenvalue weighted by Gasteiger charge is -2.09. The predicted molar refractivity (Wildman–Crippen MR) is 105 cm³/mol. The summed E-state index contributed by atoms with van der Waals surface area (Å²) in [6.07, 6.45) is 2.98. The molecule has 0 bridgehead atoms. The first-order chi connectivity index (χ1) is 12.4. The quantitative estimate of drug-likeness (QED) is 0.678. The van der Waals surface area contributed by atoms with Crippen molar-refractivity contribution >= 4 is 34.8 Å². The summed E-state index contributed by atoms with van der Waals surface area (Å²) < 4.78 is 0. The summed E-state index contributed by atoms with van der Waals surface area (Å²) in [5.74, 6) is 0.144. The summed E-state index contributed by atoms with van der Waals surface area (Å²) in [4.78, 5) is 20.7. The van der Waals surface area contributed by atoms with Crippen molar-refractivity contribution in [1.82, 2.24) is 9.97 Å². The van der Waals surface area contributed by atoms with Crippen LogP contribution in [0.25, 0.3) is 0 Å². The number of carbonyl (C=O) groups excluding carboxylic acids is 1. The van der Waals surface area contributed by atoms with E-state index in [1.807, 2.05) is 51.1 Å². The molecule has 0 aliphatic rings. The highest BCUT2D eigenvalue weighted by molar-refractivity contribution is 6.31. The molecule has 0 saturated carbocycles. The van der Waals surface area contributed by atoms with E-state index >= 15 is 0 Å². The molecule has 0 unspecified atom stereocenters. The minimum atomic E-state index is -0.252. The maximum atomic E-state index is 12.3. The minimum absolute atomic E-state index is 0.252. The number of hydrogen-bond donors (Lipinski definition) is 2. The molecule has 2 N–H and O–H groups in total. The van der Waals surface area contributed by atoms with Gasteiger partial charge in [-0.25, -0.2) is 9.97 Å². The molecule has 6 heteroatoms. The Morgan fingerprint density at radius 3 is 2.19 bits per heavy atom. The largest absolute Gasteiger partial charge is 0.324 e. The molecule has 0 atom stereocenters. The lowest BCUT2D eigenvalue weighted by Crippen LogP contribution is -2.13. The molecule has 1 aromatic heterocycles. The summed E-state index contributed by atoms with van der Waals surface area (Å²) in [6, 6.07) is 11.4. The predicted octanol–water partition coefficient (Wildman–Crippen LogP) is 5.05. The molecule has 0 fully saturated rings. The summed E-state index contributed by atoms with van der Waals surface area (Å²) >= 11 is 6.11. The van der Waals surface area contributed by atoms with Crippen LogP contribution < -0.4 is 10.6 Å². The van der Waals surface area contributed by atoms with Gasteiger partial charge in [0, 0.05) is 28.8 Å². The molecule has 0 radical (unpaired) electrons. The van der Waals surface area contributed by atoms with E-state index in [2.05, 4.69) is 20.6 Å². The van der Waals surface area contributed by atoms with Crippen LogP contribution in [-0.4, -0.2) is 15.9 Å². The number of nitrogens with zero attached hydrogens (tertiary/aromatic N) is 2. The van der Waals surface area contributed by atoms with Crippen molar-refractivity contribution < 1.29 is 4.79 Å². The number of carbonyl (C=O) groups is 1. The van der Waals surface area contributed by atoms with Gasteiger partial charge in [0.2, 0.25) is 5.95 Å². The van der Waals surface area contributed by atoms with Crippen molar-refractivity contribution in [2.75, 3.05) is 10.6 Å². The molecule has 1 amide bonds. The van der Waals surface area contributed by atoms with Crippen molar-refractivity contribution in [2.45, 2.75) is 20.8 Å². The Balaban J connectivity index is 1.69. The summed E-state index contributed by atoms with van der Waals surface area (Å²) in [5.41, 5.74) is 5.21. The van der Waals surface area contributed by atoms with E-state index in [1.165, 1.54) is 18.0 Å². The normalized spacial score (nSPS) is 10.5. The van der Waals surface area contributed by atoms with Crippen molar-refractivity contribution in [3.8, 4) is 0 Å². The van der Waals surface area contributed by atoms with E-state index < -0.39 is 0 Å². The van der Waals surface area contributed by atoms with E-state index in [-0.39, 0.29) is 5.91 Å². The smallest absolute Gasteiger partial charge is 0.258 e. The number of hydrogen-bond acceptors (Lipinski definition) is 4. The number of amides is 1. The van der Waals surface area contributed by atoms with Gasteiger partial charge in [0.05, 0.1) is 5.56 Å². The Morgan fingerprint density at radius 1 is 0.885 bits per heavy atom. The first-order valence-corrected chi connectivity index (χ1v) is 8.54. The van der Waals surface area contributed by atoms with E-state index in [0.717, 1.165) is 22.5 Å². The Morgan fingerprint density at radius 2 is 1.54 bits per heavy atom. The van der Waals surface area contributed by atoms with Gasteiger partial charge >= 0.3 is 0 Å². The molecule has 0 aliphatic heterocycles. The summed E-state index contributed by atoms with van der Waals surface area (Å²) in [5, 5.41) is 6.58. The van der Waals surface area contributed by atoms with Crippen molar-refractivity contribution in [1.29, 1.82) is 0 Å². The highest BCUT2D eigenvalue weighted by Crippen LogP contribution is 2.22. The van der Waals surface area contributed by atoms with Crippen LogP contribution in [0.3, 0.4) is 0 Å². The number of rotatable bonds is 4. The number of aryl methyl sites for hydroxylation is 3. The van der Waals surface area contributed by atoms with Crippen molar-refractivity contribution in [3.05, 3.63) is 76.1 Å². The van der Waals surface area contributed by atoms with Gasteiger partial charge in [0.1, 0.15) is 0 Å². The van der Waals surface area contributed by atoms with Crippen molar-refractivity contribution in [2.24, 2.45) is 0 Å². The van der Waals surface area contributed by atoms with E-state index in [4.69, 9.17) is 11.6 Å². The average molecular weight is 367 g/mol. The molecule has 5 nitrogen and oxygen atoms in total. The first kappa shape index (κ1) is 17.9. The number of halogens is 1. The Kier molecular flexibility index (Phi) is 5.19. The molecule has 1 heterocycles. The summed E-state index contributed by atoms with van der Waals surface area (Å²) in [7, 11) is 0. The van der Waals surface area contributed by atoms with Crippen LogP contribution in [-0.2, 0) is 0 Å². The van der Waals surface area contributed by atoms with Gasteiger partial charge in [-0.05, 0) is 61.7 Å². The first-order valence-electron chi connectivity index (χ1n) is 8.16. The Labute approximate surface area is 157 Å². The maximum Gasteiger partial charge on any atom is 0.258 e. The SMILES string of the molecule is Cc1ccc(NC(=O)c2cnc(Nc3ccc(C)c(Cl)c3)nc2)cc1C. The van der Waals surface area contributed by atoms with Gasteiger partial charge < -0.3 is 10.6 Å². The van der Waals surface area contributed by atoms with Crippen LogP contribution in [0.5, 0.6) is 0 Å². The molecular weight excluding hydrogens is 348 g/mol. The van der Waals surface area contributed by atoms with Crippen LogP contribution in [0.4, 0.5) is 17.3 Å². The van der Waals surface area contributed by atoms with Gasteiger partial charge in [-0.2, -0.15) is 0 Å². The van der Waals surface area contributed by atoms with Gasteiger partial charge in [-0.3, -0.25) is 4.79 Å². The standard InChI is InChI=1S/C20H19ClN4O/c1-12-4-6-16(8-14(12)3)24-19(26)15-10-22-20(23-11-15)25-17-7-5-13(2)18(21)9-17/h4-11H,1-3H3,(H,24,26)(H,22,23,25).